The summed E-state index contributed by atoms with van der Waals surface area (Å²) in [5.41, 5.74) is 3.72. The number of H-pyrrole nitrogens is 1. The van der Waals surface area contributed by atoms with E-state index in [1.54, 1.807) is 0 Å². The fourth-order valence-corrected chi connectivity index (χ4v) is 6.26. The molecule has 1 aromatic heterocycles. The molecule has 7 heteroatoms. The minimum Gasteiger partial charge on any atom is -0.361 e. The Balaban J connectivity index is 1.32. The van der Waals surface area contributed by atoms with Crippen LogP contribution in [-0.4, -0.2) is 89.5 Å². The van der Waals surface area contributed by atoms with Crippen molar-refractivity contribution >= 4 is 28.6 Å². The van der Waals surface area contributed by atoms with Gasteiger partial charge in [-0.05, 0) is 43.0 Å². The number of nitrogens with one attached hydrogen (secondary N) is 2. The molecule has 0 bridgehead atoms. The quantitative estimate of drug-likeness (QED) is 0.485. The van der Waals surface area contributed by atoms with Gasteiger partial charge in [0.25, 0.3) is 0 Å². The Morgan fingerprint density at radius 2 is 1.86 bits per heavy atom. The molecule has 2 saturated heterocycles. The Bertz CT molecular complexity index is 1120. The number of thioether (sulfide) groups is 1. The molecule has 2 aromatic carbocycles. The molecule has 1 unspecified atom stereocenters. The van der Waals surface area contributed by atoms with Gasteiger partial charge in [0.05, 0.1) is 12.1 Å². The Hall–Kier alpha value is -2.32. The number of nitrogens with zero attached hydrogens (tertiary/aromatic N) is 3. The molecule has 2 N–H and O–H groups in total. The van der Waals surface area contributed by atoms with E-state index < -0.39 is 0 Å². The molecule has 36 heavy (non-hydrogen) atoms. The first kappa shape index (κ1) is 25.3. The molecule has 2 aliphatic rings. The zero-order valence-electron chi connectivity index (χ0n) is 21.4. The van der Waals surface area contributed by atoms with Gasteiger partial charge in [0.1, 0.15) is 0 Å². The van der Waals surface area contributed by atoms with Crippen LogP contribution in [-0.2, 0) is 11.3 Å². The van der Waals surface area contributed by atoms with E-state index >= 15 is 0 Å². The van der Waals surface area contributed by atoms with E-state index in [1.165, 1.54) is 16.5 Å². The number of carbonyl (C=O) groups excluding carboxylic acids is 1. The molecule has 2 fully saturated rings. The van der Waals surface area contributed by atoms with E-state index in [1.807, 2.05) is 11.8 Å². The number of aromatic amines is 1. The molecule has 0 spiro atoms. The SMILES string of the molecule is CSCC[C@H](C(=O)N1CCNCC1c1c[nH]c2ccccc12)N1CCCN(Cc2ccccc2)CC1. The Morgan fingerprint density at radius 3 is 2.72 bits per heavy atom. The lowest BCUT2D eigenvalue weighted by molar-refractivity contribution is -0.140. The molecule has 2 aliphatic heterocycles. The molecule has 0 radical (unpaired) electrons. The molecule has 0 aliphatic carbocycles. The van der Waals surface area contributed by atoms with Crippen LogP contribution < -0.4 is 5.32 Å². The maximum Gasteiger partial charge on any atom is 0.240 e. The molecule has 5 rings (SSSR count). The predicted octanol–water partition coefficient (Wildman–Crippen LogP) is 3.97. The number of benzene rings is 2. The van der Waals surface area contributed by atoms with Gasteiger partial charge >= 0.3 is 0 Å². The van der Waals surface area contributed by atoms with Crippen molar-refractivity contribution in [2.45, 2.75) is 31.5 Å². The van der Waals surface area contributed by atoms with Crippen molar-refractivity contribution in [2.24, 2.45) is 0 Å². The van der Waals surface area contributed by atoms with Crippen LogP contribution in [0.4, 0.5) is 0 Å². The highest BCUT2D eigenvalue weighted by molar-refractivity contribution is 7.98. The normalized spacial score (nSPS) is 20.9. The fourth-order valence-electron chi connectivity index (χ4n) is 5.80. The lowest BCUT2D eigenvalue weighted by Gasteiger charge is -2.41. The number of aromatic nitrogens is 1. The third-order valence-corrected chi connectivity index (χ3v) is 8.34. The Labute approximate surface area is 219 Å². The second-order valence-electron chi connectivity index (χ2n) is 9.99. The maximum absolute atomic E-state index is 14.3. The molecule has 0 saturated carbocycles. The highest BCUT2D eigenvalue weighted by Crippen LogP contribution is 2.31. The number of amides is 1. The van der Waals surface area contributed by atoms with Gasteiger partial charge in [0, 0.05) is 68.5 Å². The summed E-state index contributed by atoms with van der Waals surface area (Å²) in [4.78, 5) is 24.9. The summed E-state index contributed by atoms with van der Waals surface area (Å²) in [6, 6.07) is 19.2. The van der Waals surface area contributed by atoms with Crippen LogP contribution in [0.25, 0.3) is 10.9 Å². The summed E-state index contributed by atoms with van der Waals surface area (Å²) in [5.74, 6) is 1.31. The summed E-state index contributed by atoms with van der Waals surface area (Å²) in [5, 5.41) is 4.76. The molecule has 192 valence electrons. The molecule has 1 amide bonds. The highest BCUT2D eigenvalue weighted by Gasteiger charge is 2.36. The van der Waals surface area contributed by atoms with E-state index in [4.69, 9.17) is 0 Å². The summed E-state index contributed by atoms with van der Waals surface area (Å²) < 4.78 is 0. The second-order valence-corrected chi connectivity index (χ2v) is 11.0. The zero-order chi connectivity index (χ0) is 24.7. The third-order valence-electron chi connectivity index (χ3n) is 7.70. The molecule has 3 aromatic rings. The molecular weight excluding hydrogens is 466 g/mol. The summed E-state index contributed by atoms with van der Waals surface area (Å²) in [7, 11) is 0. The van der Waals surface area contributed by atoms with Crippen molar-refractivity contribution in [2.75, 3.05) is 57.8 Å². The van der Waals surface area contributed by atoms with Crippen LogP contribution in [0.3, 0.4) is 0 Å². The highest BCUT2D eigenvalue weighted by atomic mass is 32.2. The summed E-state index contributed by atoms with van der Waals surface area (Å²) in [6.45, 7) is 7.41. The summed E-state index contributed by atoms with van der Waals surface area (Å²) in [6.07, 6.45) is 6.25. The van der Waals surface area contributed by atoms with Crippen molar-refractivity contribution in [3.63, 3.8) is 0 Å². The lowest BCUT2D eigenvalue weighted by Crippen LogP contribution is -2.56. The molecule has 3 heterocycles. The van der Waals surface area contributed by atoms with Crippen LogP contribution in [0.5, 0.6) is 0 Å². The number of para-hydroxylation sites is 1. The van der Waals surface area contributed by atoms with Crippen molar-refractivity contribution in [1.82, 2.24) is 25.0 Å². The topological polar surface area (TPSA) is 54.6 Å². The molecule has 6 nitrogen and oxygen atoms in total. The van der Waals surface area contributed by atoms with Gasteiger partial charge < -0.3 is 15.2 Å². The van der Waals surface area contributed by atoms with Crippen LogP contribution in [0.15, 0.2) is 60.8 Å². The minimum atomic E-state index is -0.0556. The number of rotatable bonds is 8. The average molecular weight is 506 g/mol. The smallest absolute Gasteiger partial charge is 0.240 e. The van der Waals surface area contributed by atoms with E-state index in [2.05, 4.69) is 92.1 Å². The fraction of sp³-hybridized carbons (Fsp3) is 0.483. The van der Waals surface area contributed by atoms with Gasteiger partial charge in [-0.1, -0.05) is 48.5 Å². The van der Waals surface area contributed by atoms with Crippen LogP contribution in [0.1, 0.15) is 30.0 Å². The van der Waals surface area contributed by atoms with Gasteiger partial charge in [-0.15, -0.1) is 0 Å². The Morgan fingerprint density at radius 1 is 1.03 bits per heavy atom. The number of carbonyl (C=O) groups is 1. The van der Waals surface area contributed by atoms with Crippen molar-refractivity contribution < 1.29 is 4.79 Å². The Kier molecular flexibility index (Phi) is 8.64. The van der Waals surface area contributed by atoms with Gasteiger partial charge in [-0.3, -0.25) is 14.6 Å². The standard InChI is InChI=1S/C29H39N5OS/c1-36-19-12-27(33-15-7-14-32(17-18-33)22-23-8-3-2-4-9-23)29(35)34-16-13-30-21-28(34)25-20-31-26-11-6-5-10-24(25)26/h2-6,8-11,20,27-28,30-31H,7,12-19,21-22H2,1H3/t27-,28?/m1/s1. The second kappa shape index (κ2) is 12.3. The number of fused-ring (bicyclic) bond motifs is 1. The predicted molar refractivity (Wildman–Crippen MR) is 150 cm³/mol. The van der Waals surface area contributed by atoms with E-state index in [0.717, 1.165) is 76.5 Å². The van der Waals surface area contributed by atoms with Crippen molar-refractivity contribution in [3.8, 4) is 0 Å². The average Bonchev–Trinajstić information content (AvgIpc) is 3.22. The van der Waals surface area contributed by atoms with Gasteiger partial charge in [0.2, 0.25) is 5.91 Å². The van der Waals surface area contributed by atoms with Gasteiger partial charge in [0.15, 0.2) is 0 Å². The van der Waals surface area contributed by atoms with E-state index in [0.29, 0.717) is 5.91 Å². The lowest BCUT2D eigenvalue weighted by atomic mass is 10.0. The van der Waals surface area contributed by atoms with E-state index in [9.17, 15) is 4.79 Å². The maximum atomic E-state index is 14.3. The third kappa shape index (κ3) is 5.80. The molecule has 2 atom stereocenters. The zero-order valence-corrected chi connectivity index (χ0v) is 22.2. The first-order chi connectivity index (χ1) is 17.7. The van der Waals surface area contributed by atoms with Crippen LogP contribution in [0.2, 0.25) is 0 Å². The largest absolute Gasteiger partial charge is 0.361 e. The van der Waals surface area contributed by atoms with Crippen LogP contribution >= 0.6 is 11.8 Å². The van der Waals surface area contributed by atoms with Crippen molar-refractivity contribution in [3.05, 3.63) is 71.9 Å². The number of piperazine rings is 1. The van der Waals surface area contributed by atoms with Gasteiger partial charge in [-0.2, -0.15) is 11.8 Å². The van der Waals surface area contributed by atoms with Crippen LogP contribution in [0, 0.1) is 0 Å². The monoisotopic (exact) mass is 505 g/mol. The van der Waals surface area contributed by atoms with Gasteiger partial charge in [-0.25, -0.2) is 0 Å². The molecular formula is C29H39N5OS. The first-order valence-corrected chi connectivity index (χ1v) is 14.7. The first-order valence-electron chi connectivity index (χ1n) is 13.3. The minimum absolute atomic E-state index is 0.0556. The number of hydrogen-bond acceptors (Lipinski definition) is 5. The van der Waals surface area contributed by atoms with E-state index in [-0.39, 0.29) is 12.1 Å². The number of hydrogen-bond donors (Lipinski definition) is 2. The summed E-state index contributed by atoms with van der Waals surface area (Å²) >= 11 is 1.84. The van der Waals surface area contributed by atoms with Crippen molar-refractivity contribution in [1.29, 1.82) is 0 Å².